The number of alkyl halides is 1. The molecule has 0 radical (unpaired) electrons. The van der Waals surface area contributed by atoms with Gasteiger partial charge in [0.1, 0.15) is 11.5 Å². The van der Waals surface area contributed by atoms with Crippen molar-refractivity contribution in [3.8, 4) is 11.5 Å². The number of carboxylic acids is 1. The lowest BCUT2D eigenvalue weighted by Crippen LogP contribution is -2.17. The molecule has 0 saturated heterocycles. The van der Waals surface area contributed by atoms with Crippen molar-refractivity contribution >= 4 is 17.6 Å². The molecule has 2 N–H and O–H groups in total. The number of ether oxygens (including phenoxy) is 2. The van der Waals surface area contributed by atoms with Gasteiger partial charge in [-0.1, -0.05) is 20.3 Å². The third-order valence-electron chi connectivity index (χ3n) is 4.29. The average Bonchev–Trinajstić information content (AvgIpc) is 2.60. The molecule has 148 valence electrons. The Labute approximate surface area is 161 Å². The second kappa shape index (κ2) is 12.0. The number of hydrogen-bond donors (Lipinski definition) is 2. The second-order valence-corrected chi connectivity index (χ2v) is 6.74. The number of rotatable bonds is 13. The van der Waals surface area contributed by atoms with E-state index >= 15 is 0 Å². The fourth-order valence-electron chi connectivity index (χ4n) is 2.79. The standard InChI is InChI=1S/C20H31ClO5/c1-4-7-17-18(25-12-6-11-21)9-8-16(14(3)22)19(17)26-13-10-15(5-2)20(23)24/h8-9,14-15,22H,4-7,10-13H2,1-3H3,(H,23,24). The van der Waals surface area contributed by atoms with Crippen LogP contribution in [0.15, 0.2) is 12.1 Å². The molecule has 1 aromatic carbocycles. The van der Waals surface area contributed by atoms with E-state index in [1.165, 1.54) is 0 Å². The van der Waals surface area contributed by atoms with Gasteiger partial charge in [0.15, 0.2) is 0 Å². The van der Waals surface area contributed by atoms with Gasteiger partial charge in [-0.3, -0.25) is 4.79 Å². The highest BCUT2D eigenvalue weighted by atomic mass is 35.5. The SMILES string of the molecule is CCCc1c(OCCCCl)ccc(C(C)O)c1OCCC(CC)C(=O)O. The molecule has 5 nitrogen and oxygen atoms in total. The molecule has 26 heavy (non-hydrogen) atoms. The smallest absolute Gasteiger partial charge is 0.306 e. The molecule has 0 amide bonds. The Morgan fingerprint density at radius 2 is 1.96 bits per heavy atom. The van der Waals surface area contributed by atoms with Crippen LogP contribution >= 0.6 is 11.6 Å². The lowest BCUT2D eigenvalue weighted by atomic mass is 10.00. The normalized spacial score (nSPS) is 13.3. The molecule has 2 atom stereocenters. The molecule has 2 unspecified atom stereocenters. The summed E-state index contributed by atoms with van der Waals surface area (Å²) in [6.07, 6.45) is 2.71. The van der Waals surface area contributed by atoms with Crippen LogP contribution in [0.25, 0.3) is 0 Å². The van der Waals surface area contributed by atoms with E-state index in [2.05, 4.69) is 6.92 Å². The summed E-state index contributed by atoms with van der Waals surface area (Å²) < 4.78 is 11.8. The molecule has 0 fully saturated rings. The quantitative estimate of drug-likeness (QED) is 0.383. The van der Waals surface area contributed by atoms with Crippen LogP contribution in [-0.4, -0.2) is 35.3 Å². The number of aliphatic hydroxyl groups excluding tert-OH is 1. The zero-order valence-corrected chi connectivity index (χ0v) is 16.7. The van der Waals surface area contributed by atoms with Gasteiger partial charge in [-0.2, -0.15) is 0 Å². The number of hydrogen-bond acceptors (Lipinski definition) is 4. The van der Waals surface area contributed by atoms with Gasteiger partial charge in [0.25, 0.3) is 0 Å². The van der Waals surface area contributed by atoms with Gasteiger partial charge in [0.2, 0.25) is 0 Å². The maximum atomic E-state index is 11.2. The van der Waals surface area contributed by atoms with Crippen LogP contribution in [0.5, 0.6) is 11.5 Å². The number of carbonyl (C=O) groups is 1. The van der Waals surface area contributed by atoms with Gasteiger partial charge >= 0.3 is 5.97 Å². The highest BCUT2D eigenvalue weighted by Gasteiger charge is 2.20. The highest BCUT2D eigenvalue weighted by Crippen LogP contribution is 2.37. The fourth-order valence-corrected chi connectivity index (χ4v) is 2.90. The average molecular weight is 387 g/mol. The largest absolute Gasteiger partial charge is 0.493 e. The molecule has 0 aliphatic heterocycles. The van der Waals surface area contributed by atoms with Crippen molar-refractivity contribution in [3.63, 3.8) is 0 Å². The first-order chi connectivity index (χ1) is 12.5. The maximum Gasteiger partial charge on any atom is 0.306 e. The fraction of sp³-hybridized carbons (Fsp3) is 0.650. The predicted octanol–water partition coefficient (Wildman–Crippen LogP) is 4.58. The van der Waals surface area contributed by atoms with Crippen LogP contribution in [0.1, 0.15) is 63.7 Å². The van der Waals surface area contributed by atoms with E-state index in [1.807, 2.05) is 19.1 Å². The Morgan fingerprint density at radius 3 is 2.50 bits per heavy atom. The molecular formula is C20H31ClO5. The third kappa shape index (κ3) is 6.69. The molecule has 0 spiro atoms. The van der Waals surface area contributed by atoms with Gasteiger partial charge in [-0.15, -0.1) is 11.6 Å². The van der Waals surface area contributed by atoms with Gasteiger partial charge in [-0.05, 0) is 44.7 Å². The Morgan fingerprint density at radius 1 is 1.23 bits per heavy atom. The lowest BCUT2D eigenvalue weighted by Gasteiger charge is -2.21. The summed E-state index contributed by atoms with van der Waals surface area (Å²) in [4.78, 5) is 11.2. The minimum Gasteiger partial charge on any atom is -0.493 e. The zero-order valence-electron chi connectivity index (χ0n) is 16.0. The first kappa shape index (κ1) is 22.6. The van der Waals surface area contributed by atoms with Crippen LogP contribution in [0.2, 0.25) is 0 Å². The molecule has 0 bridgehead atoms. The van der Waals surface area contributed by atoms with Gasteiger partial charge < -0.3 is 19.7 Å². The lowest BCUT2D eigenvalue weighted by molar-refractivity contribution is -0.142. The summed E-state index contributed by atoms with van der Waals surface area (Å²) >= 11 is 5.72. The maximum absolute atomic E-state index is 11.2. The predicted molar refractivity (Wildman–Crippen MR) is 103 cm³/mol. The molecular weight excluding hydrogens is 356 g/mol. The van der Waals surface area contributed by atoms with Gasteiger partial charge in [0, 0.05) is 17.0 Å². The molecule has 0 aromatic heterocycles. The second-order valence-electron chi connectivity index (χ2n) is 6.36. The minimum absolute atomic E-state index is 0.284. The van der Waals surface area contributed by atoms with E-state index in [-0.39, 0.29) is 6.61 Å². The van der Waals surface area contributed by atoms with Crippen LogP contribution < -0.4 is 9.47 Å². The summed E-state index contributed by atoms with van der Waals surface area (Å²) in [5.41, 5.74) is 1.62. The van der Waals surface area contributed by atoms with E-state index in [1.54, 1.807) is 6.92 Å². The third-order valence-corrected chi connectivity index (χ3v) is 4.56. The summed E-state index contributed by atoms with van der Waals surface area (Å²) in [5.74, 6) is 0.653. The first-order valence-electron chi connectivity index (χ1n) is 9.34. The molecule has 0 aliphatic carbocycles. The number of aliphatic carboxylic acids is 1. The Kier molecular flexibility index (Phi) is 10.4. The molecule has 1 aromatic rings. The van der Waals surface area contributed by atoms with Crippen LogP contribution in [0, 0.1) is 5.92 Å². The van der Waals surface area contributed by atoms with E-state index < -0.39 is 18.0 Å². The first-order valence-corrected chi connectivity index (χ1v) is 9.87. The zero-order chi connectivity index (χ0) is 19.5. The van der Waals surface area contributed by atoms with E-state index in [0.717, 1.165) is 30.6 Å². The van der Waals surface area contributed by atoms with Crippen molar-refractivity contribution < 1.29 is 24.5 Å². The molecule has 0 aliphatic rings. The summed E-state index contributed by atoms with van der Waals surface area (Å²) in [7, 11) is 0. The number of aliphatic hydroxyl groups is 1. The summed E-state index contributed by atoms with van der Waals surface area (Å²) in [6, 6.07) is 3.67. The van der Waals surface area contributed by atoms with E-state index in [9.17, 15) is 15.0 Å². The number of carboxylic acid groups (broad SMARTS) is 1. The van der Waals surface area contributed by atoms with Crippen molar-refractivity contribution in [2.75, 3.05) is 19.1 Å². The monoisotopic (exact) mass is 386 g/mol. The van der Waals surface area contributed by atoms with Gasteiger partial charge in [-0.25, -0.2) is 0 Å². The Hall–Kier alpha value is -1.46. The van der Waals surface area contributed by atoms with Crippen molar-refractivity contribution in [1.29, 1.82) is 0 Å². The number of benzene rings is 1. The van der Waals surface area contributed by atoms with Crippen molar-refractivity contribution in [3.05, 3.63) is 23.3 Å². The van der Waals surface area contributed by atoms with E-state index in [4.69, 9.17) is 21.1 Å². The van der Waals surface area contributed by atoms with Crippen LogP contribution in [0.3, 0.4) is 0 Å². The Bertz CT molecular complexity index is 559. The van der Waals surface area contributed by atoms with Gasteiger partial charge in [0.05, 0.1) is 25.2 Å². The van der Waals surface area contributed by atoms with Crippen molar-refractivity contribution in [1.82, 2.24) is 0 Å². The summed E-state index contributed by atoms with van der Waals surface area (Å²) in [5, 5.41) is 19.3. The van der Waals surface area contributed by atoms with Crippen LogP contribution in [-0.2, 0) is 11.2 Å². The van der Waals surface area contributed by atoms with Crippen molar-refractivity contribution in [2.24, 2.45) is 5.92 Å². The molecule has 6 heteroatoms. The highest BCUT2D eigenvalue weighted by molar-refractivity contribution is 6.17. The topological polar surface area (TPSA) is 76.0 Å². The molecule has 1 rings (SSSR count). The van der Waals surface area contributed by atoms with Crippen molar-refractivity contribution in [2.45, 2.75) is 59.0 Å². The van der Waals surface area contributed by atoms with Crippen LogP contribution in [0.4, 0.5) is 0 Å². The Balaban J connectivity index is 3.05. The van der Waals surface area contributed by atoms with E-state index in [0.29, 0.717) is 36.6 Å². The minimum atomic E-state index is -0.807. The summed E-state index contributed by atoms with van der Waals surface area (Å²) in [6.45, 7) is 6.42. The molecule has 0 heterocycles. The molecule has 0 saturated carbocycles. The number of halogens is 1.